The average Bonchev–Trinajstić information content (AvgIpc) is 3.47. The highest BCUT2D eigenvalue weighted by molar-refractivity contribution is 7.99. The average molecular weight is 472 g/mol. The number of non-ortho nitro benzene ring substituents is 1. The Morgan fingerprint density at radius 2 is 1.71 bits per heavy atom. The van der Waals surface area contributed by atoms with Gasteiger partial charge in [0.25, 0.3) is 5.69 Å². The molecule has 0 spiro atoms. The first-order valence-electron chi connectivity index (χ1n) is 10.8. The lowest BCUT2D eigenvalue weighted by molar-refractivity contribution is -0.384. The van der Waals surface area contributed by atoms with E-state index < -0.39 is 4.92 Å². The van der Waals surface area contributed by atoms with Crippen molar-refractivity contribution in [2.75, 3.05) is 17.2 Å². The van der Waals surface area contributed by atoms with Crippen LogP contribution in [-0.2, 0) is 17.8 Å². The Labute approximate surface area is 200 Å². The Balaban J connectivity index is 1.40. The van der Waals surface area contributed by atoms with Crippen molar-refractivity contribution < 1.29 is 9.72 Å². The van der Waals surface area contributed by atoms with Crippen molar-refractivity contribution in [2.45, 2.75) is 18.1 Å². The third-order valence-electron chi connectivity index (χ3n) is 5.75. The van der Waals surface area contributed by atoms with Crippen LogP contribution in [0.4, 0.5) is 11.4 Å². The lowest BCUT2D eigenvalue weighted by Crippen LogP contribution is -2.30. The summed E-state index contributed by atoms with van der Waals surface area (Å²) in [4.78, 5) is 25.4. The Morgan fingerprint density at radius 3 is 2.47 bits per heavy atom. The summed E-state index contributed by atoms with van der Waals surface area (Å²) in [5.41, 5.74) is 3.97. The molecule has 1 aromatic heterocycles. The van der Waals surface area contributed by atoms with Gasteiger partial charge in [-0.3, -0.25) is 19.5 Å². The number of thioether (sulfide) groups is 1. The summed E-state index contributed by atoms with van der Waals surface area (Å²) in [6, 6.07) is 24.1. The highest BCUT2D eigenvalue weighted by atomic mass is 32.2. The number of anilines is 1. The molecule has 0 atom stereocenters. The second-order valence-electron chi connectivity index (χ2n) is 7.89. The SMILES string of the molecule is O=C(CSc1nnc(-c2ccc([N+](=O)[O-])cc2)n1Cc1ccccc1)N1CCc2ccccc21. The van der Waals surface area contributed by atoms with E-state index in [1.165, 1.54) is 29.5 Å². The van der Waals surface area contributed by atoms with Crippen LogP contribution in [0.15, 0.2) is 84.0 Å². The van der Waals surface area contributed by atoms with Gasteiger partial charge in [0, 0.05) is 29.9 Å². The van der Waals surface area contributed by atoms with Crippen LogP contribution in [0, 0.1) is 10.1 Å². The maximum atomic E-state index is 13.0. The molecule has 0 N–H and O–H groups in total. The van der Waals surface area contributed by atoms with Crippen LogP contribution in [0.3, 0.4) is 0 Å². The van der Waals surface area contributed by atoms with E-state index in [0.717, 1.165) is 23.2 Å². The number of hydrogen-bond donors (Lipinski definition) is 0. The van der Waals surface area contributed by atoms with Crippen LogP contribution < -0.4 is 4.90 Å². The molecule has 9 heteroatoms. The summed E-state index contributed by atoms with van der Waals surface area (Å²) < 4.78 is 1.95. The minimum absolute atomic E-state index is 0.0176. The normalized spacial score (nSPS) is 12.5. The van der Waals surface area contributed by atoms with Crippen molar-refractivity contribution in [3.8, 4) is 11.4 Å². The molecule has 0 saturated carbocycles. The first kappa shape index (κ1) is 21.8. The van der Waals surface area contributed by atoms with Crippen molar-refractivity contribution in [3.05, 3.63) is 100 Å². The molecule has 5 rings (SSSR count). The summed E-state index contributed by atoms with van der Waals surface area (Å²) in [5.74, 6) is 0.864. The molecule has 0 fully saturated rings. The zero-order valence-electron chi connectivity index (χ0n) is 18.2. The van der Waals surface area contributed by atoms with E-state index >= 15 is 0 Å². The first-order valence-corrected chi connectivity index (χ1v) is 11.8. The van der Waals surface area contributed by atoms with Crippen LogP contribution in [0.1, 0.15) is 11.1 Å². The minimum Gasteiger partial charge on any atom is -0.311 e. The van der Waals surface area contributed by atoms with Crippen molar-refractivity contribution in [3.63, 3.8) is 0 Å². The van der Waals surface area contributed by atoms with Crippen LogP contribution >= 0.6 is 11.8 Å². The number of nitrogens with zero attached hydrogens (tertiary/aromatic N) is 5. The molecule has 34 heavy (non-hydrogen) atoms. The summed E-state index contributed by atoms with van der Waals surface area (Å²) in [6.07, 6.45) is 0.862. The predicted octanol–water partition coefficient (Wildman–Crippen LogP) is 4.58. The Bertz CT molecular complexity index is 1340. The third-order valence-corrected chi connectivity index (χ3v) is 6.70. The molecular weight excluding hydrogens is 450 g/mol. The molecule has 1 aliphatic heterocycles. The number of carbonyl (C=O) groups excluding carboxylic acids is 1. The number of aromatic nitrogens is 3. The second kappa shape index (κ2) is 9.48. The van der Waals surface area contributed by atoms with Crippen LogP contribution in [-0.4, -0.2) is 37.9 Å². The first-order chi connectivity index (χ1) is 16.6. The highest BCUT2D eigenvalue weighted by Gasteiger charge is 2.25. The van der Waals surface area contributed by atoms with E-state index in [0.29, 0.717) is 24.1 Å². The summed E-state index contributed by atoms with van der Waals surface area (Å²) in [6.45, 7) is 1.20. The number of para-hydroxylation sites is 1. The molecule has 8 nitrogen and oxygen atoms in total. The monoisotopic (exact) mass is 471 g/mol. The van der Waals surface area contributed by atoms with Crippen LogP contribution in [0.5, 0.6) is 0 Å². The molecule has 0 saturated heterocycles. The summed E-state index contributed by atoms with van der Waals surface area (Å²) >= 11 is 1.35. The molecule has 0 bridgehead atoms. The van der Waals surface area contributed by atoms with Crippen molar-refractivity contribution >= 4 is 29.0 Å². The fourth-order valence-corrected chi connectivity index (χ4v) is 4.87. The fraction of sp³-hybridized carbons (Fsp3) is 0.160. The molecule has 3 aromatic carbocycles. The molecule has 2 heterocycles. The van der Waals surface area contributed by atoms with Crippen molar-refractivity contribution in [1.29, 1.82) is 0 Å². The zero-order chi connectivity index (χ0) is 23.5. The molecular formula is C25H21N5O3S. The van der Waals surface area contributed by atoms with Gasteiger partial charge in [0.2, 0.25) is 5.91 Å². The Morgan fingerprint density at radius 1 is 0.971 bits per heavy atom. The van der Waals surface area contributed by atoms with Gasteiger partial charge in [0.15, 0.2) is 11.0 Å². The molecule has 1 aliphatic rings. The van der Waals surface area contributed by atoms with Gasteiger partial charge in [-0.2, -0.15) is 0 Å². The molecule has 0 unspecified atom stereocenters. The highest BCUT2D eigenvalue weighted by Crippen LogP contribution is 2.30. The summed E-state index contributed by atoms with van der Waals surface area (Å²) in [5, 5.41) is 20.4. The lowest BCUT2D eigenvalue weighted by Gasteiger charge is -2.17. The van der Waals surface area contributed by atoms with Crippen molar-refractivity contribution in [2.24, 2.45) is 0 Å². The smallest absolute Gasteiger partial charge is 0.269 e. The number of carbonyl (C=O) groups is 1. The van der Waals surface area contributed by atoms with Crippen LogP contribution in [0.25, 0.3) is 11.4 Å². The van der Waals surface area contributed by atoms with Crippen molar-refractivity contribution in [1.82, 2.24) is 14.8 Å². The lowest BCUT2D eigenvalue weighted by atomic mass is 10.2. The molecule has 1 amide bonds. The number of amides is 1. The quantitative estimate of drug-likeness (QED) is 0.222. The van der Waals surface area contributed by atoms with E-state index in [1.807, 2.05) is 58.0 Å². The van der Waals surface area contributed by atoms with Gasteiger partial charge < -0.3 is 4.90 Å². The number of nitro groups is 1. The minimum atomic E-state index is -0.429. The summed E-state index contributed by atoms with van der Waals surface area (Å²) in [7, 11) is 0. The maximum absolute atomic E-state index is 13.0. The van der Waals surface area contributed by atoms with E-state index in [1.54, 1.807) is 12.1 Å². The molecule has 4 aromatic rings. The number of nitro benzene ring substituents is 1. The van der Waals surface area contributed by atoms with E-state index in [9.17, 15) is 14.9 Å². The number of hydrogen-bond acceptors (Lipinski definition) is 6. The van der Waals surface area contributed by atoms with Gasteiger partial charge in [0.05, 0.1) is 17.2 Å². The van der Waals surface area contributed by atoms with Gasteiger partial charge >= 0.3 is 0 Å². The van der Waals surface area contributed by atoms with Gasteiger partial charge in [-0.05, 0) is 35.7 Å². The number of rotatable bonds is 7. The Hall–Kier alpha value is -3.98. The topological polar surface area (TPSA) is 94.2 Å². The van der Waals surface area contributed by atoms with E-state index in [2.05, 4.69) is 16.3 Å². The Kier molecular flexibility index (Phi) is 6.09. The zero-order valence-corrected chi connectivity index (χ0v) is 19.0. The molecule has 0 aliphatic carbocycles. The number of fused-ring (bicyclic) bond motifs is 1. The van der Waals surface area contributed by atoms with Gasteiger partial charge in [-0.1, -0.05) is 60.3 Å². The standard InChI is InChI=1S/C25H21N5O3S/c31-23(28-15-14-19-8-4-5-9-22(19)28)17-34-25-27-26-24(20-10-12-21(13-11-20)30(32)33)29(25)16-18-6-2-1-3-7-18/h1-13H,14-17H2. The van der Waals surface area contributed by atoms with Gasteiger partial charge in [-0.15, -0.1) is 10.2 Å². The molecule has 0 radical (unpaired) electrons. The van der Waals surface area contributed by atoms with Gasteiger partial charge in [0.1, 0.15) is 0 Å². The second-order valence-corrected chi connectivity index (χ2v) is 8.84. The number of benzene rings is 3. The predicted molar refractivity (Wildman–Crippen MR) is 131 cm³/mol. The third kappa shape index (κ3) is 4.42. The van der Waals surface area contributed by atoms with E-state index in [4.69, 9.17) is 0 Å². The van der Waals surface area contributed by atoms with E-state index in [-0.39, 0.29) is 17.3 Å². The maximum Gasteiger partial charge on any atom is 0.269 e. The molecule has 170 valence electrons. The largest absolute Gasteiger partial charge is 0.311 e. The fourth-order valence-electron chi connectivity index (χ4n) is 4.05. The van der Waals surface area contributed by atoms with Crippen LogP contribution in [0.2, 0.25) is 0 Å². The van der Waals surface area contributed by atoms with Gasteiger partial charge in [-0.25, -0.2) is 0 Å².